The average Bonchev–Trinajstić information content (AvgIpc) is 2.96. The molecule has 5 aromatic rings. The number of unbranched alkanes of at least 4 members (excludes halogenated alkanes) is 4. The van der Waals surface area contributed by atoms with Crippen molar-refractivity contribution in [2.24, 2.45) is 5.73 Å². The molecule has 0 fully saturated rings. The van der Waals surface area contributed by atoms with Gasteiger partial charge in [0.15, 0.2) is 0 Å². The lowest BCUT2D eigenvalue weighted by molar-refractivity contribution is 0.0608. The van der Waals surface area contributed by atoms with Crippen molar-refractivity contribution in [2.75, 3.05) is 25.0 Å². The first-order valence-corrected chi connectivity index (χ1v) is 14.2. The van der Waals surface area contributed by atoms with E-state index in [4.69, 9.17) is 10.5 Å². The van der Waals surface area contributed by atoms with Crippen LogP contribution in [0, 0.1) is 0 Å². The van der Waals surface area contributed by atoms with Crippen LogP contribution in [0.1, 0.15) is 66.2 Å². The van der Waals surface area contributed by atoms with Gasteiger partial charge < -0.3 is 15.8 Å². The second-order valence-corrected chi connectivity index (χ2v) is 10.6. The van der Waals surface area contributed by atoms with Crippen LogP contribution in [0.2, 0.25) is 0 Å². The number of ether oxygens (including phenoxy) is 1. The van der Waals surface area contributed by atoms with E-state index in [9.17, 15) is 14.4 Å². The summed E-state index contributed by atoms with van der Waals surface area (Å²) in [5.74, 6) is -0.385. The summed E-state index contributed by atoms with van der Waals surface area (Å²) in [7, 11) is 0. The highest BCUT2D eigenvalue weighted by Crippen LogP contribution is 2.45. The molecule has 1 aliphatic rings. The molecule has 204 valence electrons. The molecule has 3 N–H and O–H groups in total. The summed E-state index contributed by atoms with van der Waals surface area (Å²) in [5, 5.41) is 12.0. The lowest BCUT2D eigenvalue weighted by Gasteiger charge is -2.28. The highest BCUT2D eigenvalue weighted by Gasteiger charge is 2.33. The number of hydrogen-bond donors (Lipinski definition) is 2. The number of nitrogens with one attached hydrogen (secondary N) is 1. The number of nitrogens with zero attached hydrogens (tertiary/aromatic N) is 1. The van der Waals surface area contributed by atoms with Crippen molar-refractivity contribution in [2.45, 2.75) is 45.4 Å². The molecule has 0 unspecified atom stereocenters. The van der Waals surface area contributed by atoms with Crippen LogP contribution < -0.4 is 11.1 Å². The molecule has 1 aliphatic heterocycles. The zero-order valence-electron chi connectivity index (χ0n) is 22.7. The lowest BCUT2D eigenvalue weighted by Crippen LogP contribution is -2.40. The molecule has 40 heavy (non-hydrogen) atoms. The van der Waals surface area contributed by atoms with E-state index in [0.29, 0.717) is 24.3 Å². The molecule has 1 heterocycles. The van der Waals surface area contributed by atoms with Crippen molar-refractivity contribution in [1.82, 2.24) is 4.90 Å². The summed E-state index contributed by atoms with van der Waals surface area (Å²) in [4.78, 5) is 39.1. The molecule has 0 saturated heterocycles. The van der Waals surface area contributed by atoms with Gasteiger partial charge in [-0.15, -0.1) is 0 Å². The first-order valence-electron chi connectivity index (χ1n) is 14.2. The Bertz CT molecular complexity index is 1710. The Balaban J connectivity index is 1.39. The minimum absolute atomic E-state index is 0.193. The molecule has 0 saturated carbocycles. The van der Waals surface area contributed by atoms with E-state index in [1.165, 1.54) is 10.3 Å². The standard InChI is InChI=1S/C33H33N3O4/c1-2-3-6-18-36-31(37)25-13-11-22-20-9-8-10-24-27(35-17-5-4-7-19-40-33(34)39)16-15-21(28(20)24)23-12-14-26(32(36)38)30(25)29(22)23/h8-16,35H,2-7,17-19H2,1H3,(H2,34,39). The Morgan fingerprint density at radius 1 is 0.750 bits per heavy atom. The largest absolute Gasteiger partial charge is 0.450 e. The molecule has 0 aliphatic carbocycles. The van der Waals surface area contributed by atoms with E-state index < -0.39 is 6.09 Å². The third-order valence-corrected chi connectivity index (χ3v) is 8.10. The van der Waals surface area contributed by atoms with Crippen LogP contribution in [-0.2, 0) is 4.74 Å². The van der Waals surface area contributed by atoms with Crippen LogP contribution in [0.3, 0.4) is 0 Å². The predicted octanol–water partition coefficient (Wildman–Crippen LogP) is 7.20. The highest BCUT2D eigenvalue weighted by atomic mass is 16.5. The topological polar surface area (TPSA) is 102 Å². The van der Waals surface area contributed by atoms with Gasteiger partial charge in [0.2, 0.25) is 0 Å². The highest BCUT2D eigenvalue weighted by molar-refractivity contribution is 6.38. The van der Waals surface area contributed by atoms with Gasteiger partial charge in [0.25, 0.3) is 11.8 Å². The Morgan fingerprint density at radius 3 is 2.10 bits per heavy atom. The maximum atomic E-state index is 13.5. The number of fused-ring (bicyclic) bond motifs is 2. The van der Waals surface area contributed by atoms with Gasteiger partial charge in [-0.05, 0) is 76.2 Å². The fourth-order valence-corrected chi connectivity index (χ4v) is 6.22. The molecule has 6 rings (SSSR count). The number of rotatable bonds is 11. The SMILES string of the molecule is CCCCCN1C(=O)c2ccc3c4cccc5c(NCCCCCOC(N)=O)ccc(c6ccc(c2c36)C1=O)c54. The van der Waals surface area contributed by atoms with Gasteiger partial charge in [-0.3, -0.25) is 14.5 Å². The predicted molar refractivity (Wildman–Crippen MR) is 160 cm³/mol. The minimum Gasteiger partial charge on any atom is -0.450 e. The molecule has 7 heteroatoms. The van der Waals surface area contributed by atoms with Crippen molar-refractivity contribution < 1.29 is 19.1 Å². The smallest absolute Gasteiger partial charge is 0.404 e. The zero-order valence-corrected chi connectivity index (χ0v) is 22.7. The number of hydrogen-bond acceptors (Lipinski definition) is 5. The van der Waals surface area contributed by atoms with E-state index in [2.05, 4.69) is 54.7 Å². The number of amides is 3. The average molecular weight is 536 g/mol. The van der Waals surface area contributed by atoms with E-state index in [-0.39, 0.29) is 11.8 Å². The van der Waals surface area contributed by atoms with Gasteiger partial charge in [0.05, 0.1) is 6.61 Å². The maximum Gasteiger partial charge on any atom is 0.404 e. The third kappa shape index (κ3) is 4.26. The summed E-state index contributed by atoms with van der Waals surface area (Å²) in [6.07, 6.45) is 4.75. The van der Waals surface area contributed by atoms with Crippen LogP contribution in [-0.4, -0.2) is 42.5 Å². The molecule has 0 atom stereocenters. The van der Waals surface area contributed by atoms with Crippen LogP contribution in [0.5, 0.6) is 0 Å². The van der Waals surface area contributed by atoms with Crippen LogP contribution in [0.25, 0.3) is 43.1 Å². The van der Waals surface area contributed by atoms with E-state index in [1.807, 2.05) is 12.1 Å². The molecule has 5 aromatic carbocycles. The number of carbonyl (C=O) groups excluding carboxylic acids is 3. The molecular weight excluding hydrogens is 502 g/mol. The number of primary amides is 1. The summed E-state index contributed by atoms with van der Waals surface area (Å²) < 4.78 is 4.80. The number of carbonyl (C=O) groups is 3. The van der Waals surface area contributed by atoms with E-state index >= 15 is 0 Å². The van der Waals surface area contributed by atoms with Gasteiger partial charge in [-0.2, -0.15) is 0 Å². The molecule has 0 aromatic heterocycles. The van der Waals surface area contributed by atoms with E-state index in [1.54, 1.807) is 0 Å². The van der Waals surface area contributed by atoms with Crippen LogP contribution in [0.15, 0.2) is 54.6 Å². The third-order valence-electron chi connectivity index (χ3n) is 8.10. The molecule has 7 nitrogen and oxygen atoms in total. The van der Waals surface area contributed by atoms with Gasteiger partial charge in [0, 0.05) is 40.7 Å². The quantitative estimate of drug-likeness (QED) is 0.0806. The normalized spacial score (nSPS) is 13.3. The fraction of sp³-hybridized carbons (Fsp3) is 0.303. The van der Waals surface area contributed by atoms with E-state index in [0.717, 1.165) is 88.5 Å². The van der Waals surface area contributed by atoms with Crippen molar-refractivity contribution in [3.05, 3.63) is 65.7 Å². The van der Waals surface area contributed by atoms with Gasteiger partial charge >= 0.3 is 6.09 Å². The summed E-state index contributed by atoms with van der Waals surface area (Å²) >= 11 is 0. The minimum atomic E-state index is -0.730. The molecule has 3 amide bonds. The Hall–Kier alpha value is -4.39. The molecular formula is C33H33N3O4. The second-order valence-electron chi connectivity index (χ2n) is 10.6. The number of imide groups is 1. The number of nitrogens with two attached hydrogens (primary N) is 1. The van der Waals surface area contributed by atoms with Gasteiger partial charge in [0.1, 0.15) is 0 Å². The maximum absolute atomic E-state index is 13.5. The Kier molecular flexibility index (Phi) is 6.88. The lowest BCUT2D eigenvalue weighted by atomic mass is 9.84. The number of anilines is 1. The first kappa shape index (κ1) is 25.9. The molecule has 0 spiro atoms. The van der Waals surface area contributed by atoms with Crippen molar-refractivity contribution >= 4 is 66.7 Å². The Morgan fingerprint density at radius 2 is 1.40 bits per heavy atom. The summed E-state index contributed by atoms with van der Waals surface area (Å²) in [6, 6.07) is 18.5. The van der Waals surface area contributed by atoms with Crippen molar-refractivity contribution in [3.63, 3.8) is 0 Å². The van der Waals surface area contributed by atoms with Crippen LogP contribution in [0.4, 0.5) is 10.5 Å². The van der Waals surface area contributed by atoms with Crippen molar-refractivity contribution in [3.8, 4) is 0 Å². The molecule has 0 bridgehead atoms. The van der Waals surface area contributed by atoms with Crippen LogP contribution >= 0.6 is 0 Å². The first-order chi connectivity index (χ1) is 19.5. The summed E-state index contributed by atoms with van der Waals surface area (Å²) in [6.45, 7) is 3.71. The summed E-state index contributed by atoms with van der Waals surface area (Å²) in [5.41, 5.74) is 7.31. The monoisotopic (exact) mass is 535 g/mol. The Labute approximate surface area is 232 Å². The van der Waals surface area contributed by atoms with Crippen molar-refractivity contribution in [1.29, 1.82) is 0 Å². The molecule has 0 radical (unpaired) electrons. The zero-order chi connectivity index (χ0) is 27.8. The number of benzene rings is 5. The second kappa shape index (κ2) is 10.6. The van der Waals surface area contributed by atoms with Gasteiger partial charge in [-0.1, -0.05) is 56.2 Å². The van der Waals surface area contributed by atoms with Gasteiger partial charge in [-0.25, -0.2) is 4.79 Å². The fourth-order valence-electron chi connectivity index (χ4n) is 6.22.